The van der Waals surface area contributed by atoms with E-state index in [-0.39, 0.29) is 46.5 Å². The van der Waals surface area contributed by atoms with Crippen molar-refractivity contribution in [2.24, 2.45) is 0 Å². The molecule has 2 N–H and O–H groups in total. The molecule has 0 atom stereocenters. The molecule has 0 aliphatic carbocycles. The highest BCUT2D eigenvalue weighted by Crippen LogP contribution is 2.33. The standard InChI is InChI=1S/C18H15ClFN3O4/c1-10-14(16(23-27-10)15-11(19)4-2-5-12(15)20)18(25)22-8-7-21-17(24)13-6-3-9-26-13/h2-6,9H,7-8H2,1H3,(H,21,24)(H,22,25). The fourth-order valence-electron chi connectivity index (χ4n) is 2.47. The van der Waals surface area contributed by atoms with Gasteiger partial charge in [0.05, 0.1) is 16.8 Å². The van der Waals surface area contributed by atoms with Crippen molar-refractivity contribution in [2.75, 3.05) is 13.1 Å². The number of hydrogen-bond acceptors (Lipinski definition) is 5. The average Bonchev–Trinajstić information content (AvgIpc) is 3.28. The van der Waals surface area contributed by atoms with Crippen LogP contribution in [-0.4, -0.2) is 30.1 Å². The first-order valence-corrected chi connectivity index (χ1v) is 8.37. The maximum atomic E-state index is 14.2. The van der Waals surface area contributed by atoms with Crippen LogP contribution in [0.1, 0.15) is 26.7 Å². The average molecular weight is 392 g/mol. The Hall–Kier alpha value is -3.13. The lowest BCUT2D eigenvalue weighted by atomic mass is 10.0. The summed E-state index contributed by atoms with van der Waals surface area (Å²) in [7, 11) is 0. The van der Waals surface area contributed by atoms with Gasteiger partial charge in [-0.1, -0.05) is 22.8 Å². The molecule has 0 bridgehead atoms. The van der Waals surface area contributed by atoms with E-state index in [0.29, 0.717) is 0 Å². The number of carbonyl (C=O) groups excluding carboxylic acids is 2. The molecule has 7 nitrogen and oxygen atoms in total. The van der Waals surface area contributed by atoms with Crippen LogP contribution in [0, 0.1) is 12.7 Å². The molecule has 2 heterocycles. The van der Waals surface area contributed by atoms with Crippen LogP contribution in [0.3, 0.4) is 0 Å². The molecular weight excluding hydrogens is 377 g/mol. The Morgan fingerprint density at radius 2 is 1.89 bits per heavy atom. The highest BCUT2D eigenvalue weighted by molar-refractivity contribution is 6.33. The first-order chi connectivity index (χ1) is 13.0. The second-order valence-electron chi connectivity index (χ2n) is 5.55. The van der Waals surface area contributed by atoms with E-state index in [1.54, 1.807) is 13.0 Å². The number of carbonyl (C=O) groups is 2. The number of halogens is 2. The van der Waals surface area contributed by atoms with Gasteiger partial charge in [-0.2, -0.15) is 0 Å². The summed E-state index contributed by atoms with van der Waals surface area (Å²) in [6.45, 7) is 1.85. The largest absolute Gasteiger partial charge is 0.459 e. The van der Waals surface area contributed by atoms with Crippen molar-refractivity contribution in [1.82, 2.24) is 15.8 Å². The smallest absolute Gasteiger partial charge is 0.287 e. The molecule has 0 radical (unpaired) electrons. The lowest BCUT2D eigenvalue weighted by molar-refractivity contribution is 0.0910. The van der Waals surface area contributed by atoms with Crippen LogP contribution in [0.5, 0.6) is 0 Å². The Bertz CT molecular complexity index is 949. The fourth-order valence-corrected chi connectivity index (χ4v) is 2.72. The number of aryl methyl sites for hydroxylation is 1. The normalized spacial score (nSPS) is 10.6. The van der Waals surface area contributed by atoms with Crippen LogP contribution in [0.15, 0.2) is 45.5 Å². The molecule has 27 heavy (non-hydrogen) atoms. The van der Waals surface area contributed by atoms with Gasteiger partial charge >= 0.3 is 0 Å². The second kappa shape index (κ2) is 8.05. The summed E-state index contributed by atoms with van der Waals surface area (Å²) in [4.78, 5) is 24.3. The Morgan fingerprint density at radius 1 is 1.15 bits per heavy atom. The van der Waals surface area contributed by atoms with E-state index >= 15 is 0 Å². The first-order valence-electron chi connectivity index (χ1n) is 7.99. The third-order valence-corrected chi connectivity index (χ3v) is 4.05. The van der Waals surface area contributed by atoms with Crippen LogP contribution in [0.25, 0.3) is 11.3 Å². The number of aromatic nitrogens is 1. The number of nitrogens with one attached hydrogen (secondary N) is 2. The predicted octanol–water partition coefficient (Wildman–Crippen LogP) is 3.20. The van der Waals surface area contributed by atoms with Gasteiger partial charge in [-0.05, 0) is 31.2 Å². The van der Waals surface area contributed by atoms with Gasteiger partial charge in [0.2, 0.25) is 0 Å². The third kappa shape index (κ3) is 4.01. The number of benzene rings is 1. The minimum Gasteiger partial charge on any atom is -0.459 e. The summed E-state index contributed by atoms with van der Waals surface area (Å²) in [5.74, 6) is -1.13. The summed E-state index contributed by atoms with van der Waals surface area (Å²) in [5, 5.41) is 9.11. The van der Waals surface area contributed by atoms with Gasteiger partial charge in [-0.3, -0.25) is 9.59 Å². The summed E-state index contributed by atoms with van der Waals surface area (Å²) in [5.41, 5.74) is 0.0966. The molecule has 0 unspecified atom stereocenters. The van der Waals surface area contributed by atoms with Gasteiger partial charge in [0.1, 0.15) is 22.8 Å². The number of furan rings is 1. The molecule has 2 aromatic heterocycles. The van der Waals surface area contributed by atoms with Gasteiger partial charge in [0.25, 0.3) is 11.8 Å². The van der Waals surface area contributed by atoms with Crippen LogP contribution < -0.4 is 10.6 Å². The molecule has 0 aliphatic rings. The van der Waals surface area contributed by atoms with E-state index in [9.17, 15) is 14.0 Å². The molecule has 140 valence electrons. The quantitative estimate of drug-likeness (QED) is 0.629. The molecule has 3 rings (SSSR count). The Labute approximate surface area is 158 Å². The Kier molecular flexibility index (Phi) is 5.56. The molecule has 9 heteroatoms. The highest BCUT2D eigenvalue weighted by Gasteiger charge is 2.25. The molecule has 2 amide bonds. The van der Waals surface area contributed by atoms with E-state index in [4.69, 9.17) is 20.5 Å². The van der Waals surface area contributed by atoms with Gasteiger partial charge in [0, 0.05) is 13.1 Å². The summed E-state index contributed by atoms with van der Waals surface area (Å²) >= 11 is 6.05. The zero-order valence-electron chi connectivity index (χ0n) is 14.2. The minimum absolute atomic E-state index is 0.00714. The van der Waals surface area contributed by atoms with Crippen molar-refractivity contribution in [1.29, 1.82) is 0 Å². The maximum absolute atomic E-state index is 14.2. The highest BCUT2D eigenvalue weighted by atomic mass is 35.5. The van der Waals surface area contributed by atoms with Crippen LogP contribution in [0.2, 0.25) is 5.02 Å². The molecule has 0 spiro atoms. The number of nitrogens with zero attached hydrogens (tertiary/aromatic N) is 1. The van der Waals surface area contributed by atoms with Gasteiger partial charge in [-0.15, -0.1) is 0 Å². The zero-order valence-corrected chi connectivity index (χ0v) is 15.0. The van der Waals surface area contributed by atoms with Crippen molar-refractivity contribution in [3.05, 3.63) is 64.5 Å². The number of amides is 2. The van der Waals surface area contributed by atoms with Crippen LogP contribution >= 0.6 is 11.6 Å². The molecule has 1 aromatic carbocycles. The van der Waals surface area contributed by atoms with E-state index in [0.717, 1.165) is 0 Å². The van der Waals surface area contributed by atoms with Gasteiger partial charge in [0.15, 0.2) is 5.76 Å². The molecule has 0 fully saturated rings. The lowest BCUT2D eigenvalue weighted by Gasteiger charge is -2.08. The third-order valence-electron chi connectivity index (χ3n) is 3.73. The van der Waals surface area contributed by atoms with Crippen LogP contribution in [0.4, 0.5) is 4.39 Å². The van der Waals surface area contributed by atoms with Crippen molar-refractivity contribution >= 4 is 23.4 Å². The molecule has 0 saturated carbocycles. The summed E-state index contributed by atoms with van der Waals surface area (Å²) in [6, 6.07) is 7.29. The van der Waals surface area contributed by atoms with Gasteiger partial charge < -0.3 is 19.6 Å². The first kappa shape index (κ1) is 18.7. The van der Waals surface area contributed by atoms with E-state index < -0.39 is 17.6 Å². The van der Waals surface area contributed by atoms with Crippen molar-refractivity contribution in [3.8, 4) is 11.3 Å². The molecule has 0 saturated heterocycles. The number of rotatable bonds is 6. The molecular formula is C18H15ClFN3O4. The van der Waals surface area contributed by atoms with Crippen molar-refractivity contribution in [2.45, 2.75) is 6.92 Å². The Morgan fingerprint density at radius 3 is 2.56 bits per heavy atom. The van der Waals surface area contributed by atoms with E-state index in [1.165, 1.54) is 30.5 Å². The minimum atomic E-state index is -0.615. The Balaban J connectivity index is 1.67. The van der Waals surface area contributed by atoms with Crippen molar-refractivity contribution < 1.29 is 22.9 Å². The van der Waals surface area contributed by atoms with Crippen molar-refractivity contribution in [3.63, 3.8) is 0 Å². The maximum Gasteiger partial charge on any atom is 0.287 e. The second-order valence-corrected chi connectivity index (χ2v) is 5.96. The topological polar surface area (TPSA) is 97.4 Å². The fraction of sp³-hybridized carbons (Fsp3) is 0.167. The van der Waals surface area contributed by atoms with Crippen LogP contribution in [-0.2, 0) is 0 Å². The summed E-state index contributed by atoms with van der Waals surface area (Å²) in [6.07, 6.45) is 1.39. The predicted molar refractivity (Wildman–Crippen MR) is 95.0 cm³/mol. The SMILES string of the molecule is Cc1onc(-c2c(F)cccc2Cl)c1C(=O)NCCNC(=O)c1ccco1. The number of hydrogen-bond donors (Lipinski definition) is 2. The zero-order chi connectivity index (χ0) is 19.4. The van der Waals surface area contributed by atoms with E-state index in [2.05, 4.69) is 15.8 Å². The molecule has 0 aliphatic heterocycles. The monoisotopic (exact) mass is 391 g/mol. The summed E-state index contributed by atoms with van der Waals surface area (Å²) < 4.78 is 24.2. The van der Waals surface area contributed by atoms with Gasteiger partial charge in [-0.25, -0.2) is 4.39 Å². The van der Waals surface area contributed by atoms with E-state index in [1.807, 2.05) is 0 Å². The lowest BCUT2D eigenvalue weighted by Crippen LogP contribution is -2.34. The molecule has 3 aromatic rings.